The highest BCUT2D eigenvalue weighted by Gasteiger charge is 2.20. The third kappa shape index (κ3) is 5.63. The summed E-state index contributed by atoms with van der Waals surface area (Å²) >= 11 is 0. The molecule has 0 radical (unpaired) electrons. The first-order chi connectivity index (χ1) is 11.2. The van der Waals surface area contributed by atoms with Crippen LogP contribution in [0.5, 0.6) is 11.5 Å². The number of methoxy groups -OCH3 is 1. The molecule has 1 heterocycles. The number of hydrogen-bond acceptors (Lipinski definition) is 4. The lowest BCUT2D eigenvalue weighted by atomic mass is 10.3. The van der Waals surface area contributed by atoms with Crippen LogP contribution in [-0.2, 0) is 0 Å². The van der Waals surface area contributed by atoms with Gasteiger partial charge in [-0.05, 0) is 30.7 Å². The molecule has 23 heavy (non-hydrogen) atoms. The second-order valence-electron chi connectivity index (χ2n) is 5.58. The minimum atomic E-state index is 0.0565. The van der Waals surface area contributed by atoms with Gasteiger partial charge in [-0.1, -0.05) is 6.92 Å². The van der Waals surface area contributed by atoms with Crippen molar-refractivity contribution in [2.45, 2.75) is 13.3 Å². The van der Waals surface area contributed by atoms with E-state index in [-0.39, 0.29) is 6.03 Å². The summed E-state index contributed by atoms with van der Waals surface area (Å²) < 4.78 is 10.9. The Morgan fingerprint density at radius 2 is 1.78 bits per heavy atom. The fourth-order valence-corrected chi connectivity index (χ4v) is 2.48. The van der Waals surface area contributed by atoms with Gasteiger partial charge in [0.25, 0.3) is 0 Å². The van der Waals surface area contributed by atoms with E-state index in [2.05, 4.69) is 17.1 Å². The lowest BCUT2D eigenvalue weighted by Crippen LogP contribution is -2.52. The fraction of sp³-hybridized carbons (Fsp3) is 0.588. The van der Waals surface area contributed by atoms with Crippen LogP contribution in [0.15, 0.2) is 24.3 Å². The average Bonchev–Trinajstić information content (AvgIpc) is 2.61. The molecule has 0 atom stereocenters. The number of piperazine rings is 1. The van der Waals surface area contributed by atoms with Crippen LogP contribution in [0.2, 0.25) is 0 Å². The van der Waals surface area contributed by atoms with Crippen molar-refractivity contribution in [1.29, 1.82) is 0 Å². The van der Waals surface area contributed by atoms with E-state index < -0.39 is 0 Å². The molecule has 1 aromatic rings. The smallest absolute Gasteiger partial charge is 0.317 e. The van der Waals surface area contributed by atoms with Gasteiger partial charge in [0.1, 0.15) is 18.1 Å². The van der Waals surface area contributed by atoms with Crippen LogP contribution in [0.4, 0.5) is 4.79 Å². The van der Waals surface area contributed by atoms with E-state index in [0.717, 1.165) is 57.2 Å². The maximum atomic E-state index is 11.9. The van der Waals surface area contributed by atoms with Crippen molar-refractivity contribution in [2.75, 3.05) is 53.0 Å². The number of rotatable bonds is 7. The molecule has 0 bridgehead atoms. The maximum Gasteiger partial charge on any atom is 0.317 e. The normalized spacial score (nSPS) is 15.3. The van der Waals surface area contributed by atoms with Crippen molar-refractivity contribution in [1.82, 2.24) is 15.1 Å². The summed E-state index contributed by atoms with van der Waals surface area (Å²) in [5.74, 6) is 1.68. The largest absolute Gasteiger partial charge is 0.497 e. The highest BCUT2D eigenvalue weighted by molar-refractivity contribution is 5.74. The number of nitrogens with zero attached hydrogens (tertiary/aromatic N) is 2. The summed E-state index contributed by atoms with van der Waals surface area (Å²) in [6.07, 6.45) is 0.967. The van der Waals surface area contributed by atoms with E-state index in [1.54, 1.807) is 7.11 Å². The van der Waals surface area contributed by atoms with Crippen molar-refractivity contribution in [3.05, 3.63) is 24.3 Å². The van der Waals surface area contributed by atoms with E-state index in [4.69, 9.17) is 9.47 Å². The highest BCUT2D eigenvalue weighted by Crippen LogP contribution is 2.16. The summed E-state index contributed by atoms with van der Waals surface area (Å²) in [6, 6.07) is 7.66. The Balaban J connectivity index is 1.63. The van der Waals surface area contributed by atoms with Crippen LogP contribution in [0.3, 0.4) is 0 Å². The Morgan fingerprint density at radius 1 is 1.13 bits per heavy atom. The van der Waals surface area contributed by atoms with Gasteiger partial charge < -0.3 is 19.7 Å². The monoisotopic (exact) mass is 321 g/mol. The minimum absolute atomic E-state index is 0.0565. The first kappa shape index (κ1) is 17.4. The van der Waals surface area contributed by atoms with Gasteiger partial charge in [-0.15, -0.1) is 0 Å². The lowest BCUT2D eigenvalue weighted by Gasteiger charge is -2.34. The van der Waals surface area contributed by atoms with Gasteiger partial charge in [0.15, 0.2) is 0 Å². The zero-order valence-electron chi connectivity index (χ0n) is 14.1. The Labute approximate surface area is 138 Å². The van der Waals surface area contributed by atoms with Crippen LogP contribution in [0, 0.1) is 0 Å². The molecular weight excluding hydrogens is 294 g/mol. The molecule has 1 saturated heterocycles. The molecule has 0 aromatic heterocycles. The van der Waals surface area contributed by atoms with Crippen molar-refractivity contribution in [3.63, 3.8) is 0 Å². The quantitative estimate of drug-likeness (QED) is 0.832. The average molecular weight is 321 g/mol. The molecule has 6 heteroatoms. The van der Waals surface area contributed by atoms with E-state index in [0.29, 0.717) is 6.61 Å². The van der Waals surface area contributed by atoms with Crippen LogP contribution >= 0.6 is 0 Å². The molecule has 0 saturated carbocycles. The van der Waals surface area contributed by atoms with Gasteiger partial charge in [0.05, 0.1) is 7.11 Å². The van der Waals surface area contributed by atoms with Crippen molar-refractivity contribution < 1.29 is 14.3 Å². The van der Waals surface area contributed by atoms with Crippen LogP contribution in [-0.4, -0.2) is 68.8 Å². The zero-order valence-corrected chi connectivity index (χ0v) is 14.1. The van der Waals surface area contributed by atoms with E-state index in [9.17, 15) is 4.79 Å². The van der Waals surface area contributed by atoms with Gasteiger partial charge >= 0.3 is 6.03 Å². The molecule has 2 amide bonds. The molecule has 1 fully saturated rings. The zero-order chi connectivity index (χ0) is 16.5. The number of carbonyl (C=O) groups is 1. The van der Waals surface area contributed by atoms with Crippen LogP contribution in [0.25, 0.3) is 0 Å². The van der Waals surface area contributed by atoms with E-state index >= 15 is 0 Å². The summed E-state index contributed by atoms with van der Waals surface area (Å²) in [5.41, 5.74) is 0. The Morgan fingerprint density at radius 3 is 2.39 bits per heavy atom. The number of hydrogen-bond donors (Lipinski definition) is 1. The van der Waals surface area contributed by atoms with Gasteiger partial charge in [-0.25, -0.2) is 4.79 Å². The highest BCUT2D eigenvalue weighted by atomic mass is 16.5. The molecule has 1 N–H and O–H groups in total. The van der Waals surface area contributed by atoms with E-state index in [1.165, 1.54) is 0 Å². The number of ether oxygens (including phenoxy) is 2. The molecule has 0 spiro atoms. The summed E-state index contributed by atoms with van der Waals surface area (Å²) in [4.78, 5) is 16.1. The van der Waals surface area contributed by atoms with Crippen molar-refractivity contribution in [3.8, 4) is 11.5 Å². The second kappa shape index (κ2) is 9.25. The molecule has 6 nitrogen and oxygen atoms in total. The summed E-state index contributed by atoms with van der Waals surface area (Å²) in [5, 5.41) is 2.92. The summed E-state index contributed by atoms with van der Waals surface area (Å²) in [7, 11) is 1.65. The summed E-state index contributed by atoms with van der Waals surface area (Å²) in [6.45, 7) is 7.66. The first-order valence-electron chi connectivity index (χ1n) is 8.25. The predicted octanol–water partition coefficient (Wildman–Crippen LogP) is 1.81. The maximum absolute atomic E-state index is 11.9. The van der Waals surface area contributed by atoms with Crippen molar-refractivity contribution in [2.24, 2.45) is 0 Å². The molecule has 2 rings (SSSR count). The molecule has 0 unspecified atom stereocenters. The third-order valence-corrected chi connectivity index (χ3v) is 3.92. The molecule has 128 valence electrons. The van der Waals surface area contributed by atoms with Crippen LogP contribution in [0.1, 0.15) is 13.3 Å². The predicted molar refractivity (Wildman–Crippen MR) is 90.2 cm³/mol. The Hall–Kier alpha value is -1.95. The number of carbonyl (C=O) groups excluding carboxylic acids is 1. The number of benzene rings is 1. The molecular formula is C17H27N3O3. The number of urea groups is 1. The lowest BCUT2D eigenvalue weighted by molar-refractivity contribution is 0.126. The fourth-order valence-electron chi connectivity index (χ4n) is 2.48. The standard InChI is InChI=1S/C17H27N3O3/c1-3-8-18-17(21)20-11-9-19(10-12-20)13-14-23-16-6-4-15(22-2)5-7-16/h4-7H,3,8-14H2,1-2H3,(H,18,21). The number of amides is 2. The molecule has 1 aromatic carbocycles. The van der Waals surface area contributed by atoms with E-state index in [1.807, 2.05) is 29.2 Å². The Bertz CT molecular complexity index is 470. The topological polar surface area (TPSA) is 54.0 Å². The van der Waals surface area contributed by atoms with Gasteiger partial charge in [0.2, 0.25) is 0 Å². The first-order valence-corrected chi connectivity index (χ1v) is 8.25. The third-order valence-electron chi connectivity index (χ3n) is 3.92. The van der Waals surface area contributed by atoms with Gasteiger partial charge in [-0.2, -0.15) is 0 Å². The number of nitrogens with one attached hydrogen (secondary N) is 1. The van der Waals surface area contributed by atoms with Crippen LogP contribution < -0.4 is 14.8 Å². The molecule has 1 aliphatic rings. The minimum Gasteiger partial charge on any atom is -0.497 e. The molecule has 0 aliphatic carbocycles. The van der Waals surface area contributed by atoms with Gasteiger partial charge in [-0.3, -0.25) is 4.90 Å². The van der Waals surface area contributed by atoms with Crippen molar-refractivity contribution >= 4 is 6.03 Å². The SMILES string of the molecule is CCCNC(=O)N1CCN(CCOc2ccc(OC)cc2)CC1. The molecule has 1 aliphatic heterocycles. The second-order valence-corrected chi connectivity index (χ2v) is 5.58. The van der Waals surface area contributed by atoms with Gasteiger partial charge in [0, 0.05) is 39.3 Å². The Kier molecular flexibility index (Phi) is 7.00.